The van der Waals surface area contributed by atoms with E-state index < -0.39 is 0 Å². The summed E-state index contributed by atoms with van der Waals surface area (Å²) in [5, 5.41) is 3.82. The highest BCUT2D eigenvalue weighted by Crippen LogP contribution is 2.49. The molecule has 1 fully saturated rings. The SMILES string of the molecule is NCc1ccc(C(=O)NCC2(c3ccccc3Cl)CC2)cc1. The number of halogens is 1. The van der Waals surface area contributed by atoms with Gasteiger partial charge in [0.25, 0.3) is 5.91 Å². The van der Waals surface area contributed by atoms with Gasteiger partial charge in [0.2, 0.25) is 0 Å². The Morgan fingerprint density at radius 2 is 1.82 bits per heavy atom. The molecule has 114 valence electrons. The van der Waals surface area contributed by atoms with Crippen LogP contribution in [-0.4, -0.2) is 12.5 Å². The topological polar surface area (TPSA) is 55.1 Å². The Labute approximate surface area is 135 Å². The summed E-state index contributed by atoms with van der Waals surface area (Å²) in [6.07, 6.45) is 2.12. The van der Waals surface area contributed by atoms with E-state index in [0.29, 0.717) is 18.7 Å². The molecule has 1 saturated carbocycles. The number of rotatable bonds is 5. The van der Waals surface area contributed by atoms with Crippen LogP contribution in [0, 0.1) is 0 Å². The minimum absolute atomic E-state index is 0.00516. The number of carbonyl (C=O) groups excluding carboxylic acids is 1. The second-order valence-electron chi connectivity index (χ2n) is 5.84. The summed E-state index contributed by atoms with van der Waals surface area (Å²) in [5.41, 5.74) is 8.38. The van der Waals surface area contributed by atoms with Crippen LogP contribution in [0.15, 0.2) is 48.5 Å². The number of hydrogen-bond donors (Lipinski definition) is 2. The van der Waals surface area contributed by atoms with Gasteiger partial charge in [-0.25, -0.2) is 0 Å². The normalized spacial score (nSPS) is 15.4. The number of nitrogens with one attached hydrogen (secondary N) is 1. The molecule has 3 nitrogen and oxygen atoms in total. The molecule has 0 atom stereocenters. The highest BCUT2D eigenvalue weighted by atomic mass is 35.5. The molecule has 0 spiro atoms. The molecule has 3 N–H and O–H groups in total. The molecule has 0 unspecified atom stereocenters. The van der Waals surface area contributed by atoms with Crippen LogP contribution < -0.4 is 11.1 Å². The highest BCUT2D eigenvalue weighted by molar-refractivity contribution is 6.31. The molecule has 0 radical (unpaired) electrons. The lowest BCUT2D eigenvalue weighted by Crippen LogP contribution is -2.32. The van der Waals surface area contributed by atoms with Gasteiger partial charge in [-0.05, 0) is 42.2 Å². The molecule has 1 aliphatic carbocycles. The van der Waals surface area contributed by atoms with E-state index in [-0.39, 0.29) is 11.3 Å². The molecule has 0 aromatic heterocycles. The summed E-state index contributed by atoms with van der Waals surface area (Å²) in [5.74, 6) is -0.0538. The first kappa shape index (κ1) is 15.1. The zero-order valence-corrected chi connectivity index (χ0v) is 13.1. The van der Waals surface area contributed by atoms with Crippen molar-refractivity contribution in [3.8, 4) is 0 Å². The molecule has 0 heterocycles. The molecule has 0 aliphatic heterocycles. The highest BCUT2D eigenvalue weighted by Gasteiger charge is 2.45. The van der Waals surface area contributed by atoms with Crippen LogP contribution >= 0.6 is 11.6 Å². The second-order valence-corrected chi connectivity index (χ2v) is 6.25. The minimum atomic E-state index is -0.0538. The predicted molar refractivity (Wildman–Crippen MR) is 89.0 cm³/mol. The van der Waals surface area contributed by atoms with E-state index in [1.807, 2.05) is 42.5 Å². The summed E-state index contributed by atoms with van der Waals surface area (Å²) in [6.45, 7) is 1.10. The predicted octanol–water partition coefficient (Wildman–Crippen LogP) is 3.26. The van der Waals surface area contributed by atoms with Gasteiger partial charge in [0.1, 0.15) is 0 Å². The van der Waals surface area contributed by atoms with Crippen molar-refractivity contribution in [2.45, 2.75) is 24.8 Å². The van der Waals surface area contributed by atoms with E-state index in [0.717, 1.165) is 29.0 Å². The molecule has 3 rings (SSSR count). The maximum atomic E-state index is 12.3. The summed E-state index contributed by atoms with van der Waals surface area (Å²) in [6, 6.07) is 15.3. The van der Waals surface area contributed by atoms with Gasteiger partial charge in [-0.1, -0.05) is 41.9 Å². The van der Waals surface area contributed by atoms with Crippen molar-refractivity contribution in [2.24, 2.45) is 5.73 Å². The molecule has 1 aliphatic rings. The Balaban J connectivity index is 1.67. The van der Waals surface area contributed by atoms with Gasteiger partial charge in [-0.2, -0.15) is 0 Å². The Hall–Kier alpha value is -1.84. The minimum Gasteiger partial charge on any atom is -0.351 e. The van der Waals surface area contributed by atoms with Crippen LogP contribution in [0.4, 0.5) is 0 Å². The molecule has 2 aromatic carbocycles. The van der Waals surface area contributed by atoms with Crippen LogP contribution in [-0.2, 0) is 12.0 Å². The van der Waals surface area contributed by atoms with Crippen molar-refractivity contribution in [3.63, 3.8) is 0 Å². The smallest absolute Gasteiger partial charge is 0.251 e. The van der Waals surface area contributed by atoms with E-state index in [1.54, 1.807) is 0 Å². The van der Waals surface area contributed by atoms with Gasteiger partial charge in [0, 0.05) is 29.1 Å². The van der Waals surface area contributed by atoms with Crippen LogP contribution in [0.1, 0.15) is 34.3 Å². The van der Waals surface area contributed by atoms with Crippen molar-refractivity contribution >= 4 is 17.5 Å². The number of hydrogen-bond acceptors (Lipinski definition) is 2. The van der Waals surface area contributed by atoms with E-state index in [1.165, 1.54) is 0 Å². The van der Waals surface area contributed by atoms with E-state index in [4.69, 9.17) is 17.3 Å². The van der Waals surface area contributed by atoms with Gasteiger partial charge in [-0.15, -0.1) is 0 Å². The Bertz CT molecular complexity index is 678. The van der Waals surface area contributed by atoms with Crippen molar-refractivity contribution < 1.29 is 4.79 Å². The maximum Gasteiger partial charge on any atom is 0.251 e. The lowest BCUT2D eigenvalue weighted by atomic mass is 9.95. The fraction of sp³-hybridized carbons (Fsp3) is 0.278. The standard InChI is InChI=1S/C18H19ClN2O/c19-16-4-2-1-3-15(16)18(9-10-18)12-21-17(22)14-7-5-13(11-20)6-8-14/h1-8H,9-12,20H2,(H,21,22). The Kier molecular flexibility index (Phi) is 4.19. The molecule has 4 heteroatoms. The molecular formula is C18H19ClN2O. The lowest BCUT2D eigenvalue weighted by Gasteiger charge is -2.18. The molecule has 22 heavy (non-hydrogen) atoms. The van der Waals surface area contributed by atoms with Gasteiger partial charge in [-0.3, -0.25) is 4.79 Å². The molecular weight excluding hydrogens is 296 g/mol. The first-order chi connectivity index (χ1) is 10.6. The fourth-order valence-electron chi connectivity index (χ4n) is 2.73. The number of amides is 1. The summed E-state index contributed by atoms with van der Waals surface area (Å²) in [7, 11) is 0. The maximum absolute atomic E-state index is 12.3. The van der Waals surface area contributed by atoms with Crippen LogP contribution in [0.5, 0.6) is 0 Å². The first-order valence-corrected chi connectivity index (χ1v) is 7.85. The third kappa shape index (κ3) is 3.01. The zero-order valence-electron chi connectivity index (χ0n) is 12.3. The second kappa shape index (κ2) is 6.11. The van der Waals surface area contributed by atoms with Crippen molar-refractivity contribution in [2.75, 3.05) is 6.54 Å². The van der Waals surface area contributed by atoms with E-state index in [2.05, 4.69) is 11.4 Å². The van der Waals surface area contributed by atoms with Crippen LogP contribution in [0.25, 0.3) is 0 Å². The van der Waals surface area contributed by atoms with Crippen molar-refractivity contribution in [1.82, 2.24) is 5.32 Å². The molecule has 0 saturated heterocycles. The van der Waals surface area contributed by atoms with Gasteiger partial charge in [0.15, 0.2) is 0 Å². The molecule has 2 aromatic rings. The van der Waals surface area contributed by atoms with Gasteiger partial charge >= 0.3 is 0 Å². The lowest BCUT2D eigenvalue weighted by molar-refractivity contribution is 0.0949. The monoisotopic (exact) mass is 314 g/mol. The van der Waals surface area contributed by atoms with Crippen LogP contribution in [0.2, 0.25) is 5.02 Å². The summed E-state index contributed by atoms with van der Waals surface area (Å²) in [4.78, 5) is 12.3. The third-order valence-corrected chi connectivity index (χ3v) is 4.67. The van der Waals surface area contributed by atoms with E-state index in [9.17, 15) is 4.79 Å². The number of nitrogens with two attached hydrogens (primary N) is 1. The summed E-state index contributed by atoms with van der Waals surface area (Å²) >= 11 is 6.29. The average Bonchev–Trinajstić information content (AvgIpc) is 3.34. The Morgan fingerprint density at radius 3 is 2.41 bits per heavy atom. The van der Waals surface area contributed by atoms with Crippen molar-refractivity contribution in [3.05, 3.63) is 70.2 Å². The van der Waals surface area contributed by atoms with Gasteiger partial charge < -0.3 is 11.1 Å². The average molecular weight is 315 g/mol. The first-order valence-electron chi connectivity index (χ1n) is 7.47. The molecule has 1 amide bonds. The fourth-order valence-corrected chi connectivity index (χ4v) is 3.06. The number of benzene rings is 2. The van der Waals surface area contributed by atoms with Crippen molar-refractivity contribution in [1.29, 1.82) is 0 Å². The largest absolute Gasteiger partial charge is 0.351 e. The molecule has 0 bridgehead atoms. The summed E-state index contributed by atoms with van der Waals surface area (Å²) < 4.78 is 0. The number of carbonyl (C=O) groups is 1. The van der Waals surface area contributed by atoms with Gasteiger partial charge in [0.05, 0.1) is 0 Å². The third-order valence-electron chi connectivity index (χ3n) is 4.34. The van der Waals surface area contributed by atoms with Crippen LogP contribution in [0.3, 0.4) is 0 Å². The zero-order chi connectivity index (χ0) is 15.6. The van der Waals surface area contributed by atoms with E-state index >= 15 is 0 Å². The Morgan fingerprint density at radius 1 is 1.14 bits per heavy atom. The quantitative estimate of drug-likeness (QED) is 0.890.